The summed E-state index contributed by atoms with van der Waals surface area (Å²) in [6.45, 7) is 11.6. The number of benzene rings is 3. The van der Waals surface area contributed by atoms with Gasteiger partial charge < -0.3 is 39.2 Å². The summed E-state index contributed by atoms with van der Waals surface area (Å²) < 4.78 is 26.8. The number of ether oxygens (including phenoxy) is 5. The highest BCUT2D eigenvalue weighted by Gasteiger charge is 2.34. The summed E-state index contributed by atoms with van der Waals surface area (Å²) in [7, 11) is 3.85. The number of rotatable bonds is 14. The smallest absolute Gasteiger partial charge is 0.410 e. The zero-order valence-corrected chi connectivity index (χ0v) is 33.1. The molecule has 0 spiro atoms. The van der Waals surface area contributed by atoms with Gasteiger partial charge in [-0.1, -0.05) is 43.3 Å². The number of phenols is 2. The number of methoxy groups -OCH3 is 2. The molecule has 3 N–H and O–H groups in total. The second kappa shape index (κ2) is 18.5. The van der Waals surface area contributed by atoms with Gasteiger partial charge in [0.15, 0.2) is 17.3 Å². The number of ketones is 1. The van der Waals surface area contributed by atoms with Crippen LogP contribution in [0.5, 0.6) is 17.2 Å². The number of carbonyl (C=O) groups excluding carboxylic acids is 5. The van der Waals surface area contributed by atoms with Crippen molar-refractivity contribution in [3.63, 3.8) is 0 Å². The fraction of sp³-hybridized carbons (Fsp3) is 0.439. The molecule has 55 heavy (non-hydrogen) atoms. The Hall–Kier alpha value is -5.79. The summed E-state index contributed by atoms with van der Waals surface area (Å²) in [6, 6.07) is 13.5. The van der Waals surface area contributed by atoms with Gasteiger partial charge in [-0.05, 0) is 82.5 Å². The lowest BCUT2D eigenvalue weighted by Crippen LogP contribution is -2.45. The van der Waals surface area contributed by atoms with Crippen molar-refractivity contribution in [1.82, 2.24) is 10.2 Å². The van der Waals surface area contributed by atoms with Crippen molar-refractivity contribution in [3.05, 3.63) is 77.4 Å². The first-order valence-corrected chi connectivity index (χ1v) is 17.6. The van der Waals surface area contributed by atoms with Gasteiger partial charge in [-0.2, -0.15) is 0 Å². The van der Waals surface area contributed by atoms with Crippen LogP contribution in [0.15, 0.2) is 60.7 Å². The molecule has 0 fully saturated rings. The van der Waals surface area contributed by atoms with E-state index in [0.29, 0.717) is 5.56 Å². The molecule has 0 unspecified atom stereocenters. The lowest BCUT2D eigenvalue weighted by Gasteiger charge is -2.29. The van der Waals surface area contributed by atoms with E-state index in [1.807, 2.05) is 6.07 Å². The van der Waals surface area contributed by atoms with Crippen LogP contribution >= 0.6 is 0 Å². The van der Waals surface area contributed by atoms with E-state index in [1.54, 1.807) is 72.7 Å². The topological polar surface area (TPSA) is 187 Å². The van der Waals surface area contributed by atoms with E-state index < -0.39 is 59.1 Å². The third-order valence-electron chi connectivity index (χ3n) is 8.08. The molecule has 298 valence electrons. The summed E-state index contributed by atoms with van der Waals surface area (Å²) in [6.07, 6.45) is -2.17. The number of alkyl carbamates (subject to hydrolysis) is 1. The van der Waals surface area contributed by atoms with Crippen LogP contribution < -0.4 is 10.1 Å². The Labute approximate surface area is 321 Å². The highest BCUT2D eigenvalue weighted by atomic mass is 16.6. The maximum absolute atomic E-state index is 14.1. The van der Waals surface area contributed by atoms with Crippen molar-refractivity contribution in [2.45, 2.75) is 91.2 Å². The van der Waals surface area contributed by atoms with Gasteiger partial charge in [0.1, 0.15) is 35.6 Å². The van der Waals surface area contributed by atoms with Gasteiger partial charge >= 0.3 is 24.1 Å². The Kier molecular flexibility index (Phi) is 14.7. The molecular weight excluding hydrogens is 712 g/mol. The Morgan fingerprint density at radius 3 is 2.00 bits per heavy atom. The van der Waals surface area contributed by atoms with Crippen LogP contribution in [0.4, 0.5) is 9.59 Å². The Balaban J connectivity index is 2.10. The number of phenolic OH excluding ortho intramolecular Hbond substituents is 2. The molecule has 0 aromatic heterocycles. The molecule has 3 aromatic rings. The molecule has 3 atom stereocenters. The molecule has 0 saturated heterocycles. The molecule has 14 heteroatoms. The lowest BCUT2D eigenvalue weighted by atomic mass is 9.91. The fourth-order valence-electron chi connectivity index (χ4n) is 5.62. The zero-order chi connectivity index (χ0) is 41.2. The number of aromatic hydroxyl groups is 2. The normalized spacial score (nSPS) is 13.1. The van der Waals surface area contributed by atoms with Gasteiger partial charge in [0.05, 0.1) is 20.1 Å². The molecule has 0 aliphatic heterocycles. The minimum atomic E-state index is -1.31. The highest BCUT2D eigenvalue weighted by Crippen LogP contribution is 2.43. The summed E-state index contributed by atoms with van der Waals surface area (Å²) in [4.78, 5) is 66.9. The van der Waals surface area contributed by atoms with Crippen LogP contribution in [0.25, 0.3) is 11.1 Å². The number of hydrogen-bond acceptors (Lipinski definition) is 12. The second-order valence-electron chi connectivity index (χ2n) is 15.1. The van der Waals surface area contributed by atoms with Crippen molar-refractivity contribution in [2.24, 2.45) is 5.92 Å². The first kappa shape index (κ1) is 43.6. The molecule has 14 nitrogen and oxygen atoms in total. The van der Waals surface area contributed by atoms with Gasteiger partial charge in [0.2, 0.25) is 0 Å². The average Bonchev–Trinajstić information content (AvgIpc) is 3.09. The van der Waals surface area contributed by atoms with Gasteiger partial charge in [0, 0.05) is 31.0 Å². The maximum Gasteiger partial charge on any atom is 0.410 e. The molecular formula is C41H52N2O12. The molecule has 0 aliphatic carbocycles. The van der Waals surface area contributed by atoms with Crippen molar-refractivity contribution in [3.8, 4) is 28.4 Å². The van der Waals surface area contributed by atoms with Gasteiger partial charge in [-0.25, -0.2) is 14.4 Å². The minimum Gasteiger partial charge on any atom is -0.507 e. The number of Topliss-reactive ketones (excluding diaryl/α,β-unsaturated/α-hetero) is 1. The minimum absolute atomic E-state index is 0.0528. The number of carbonyl (C=O) groups is 5. The van der Waals surface area contributed by atoms with Crippen LogP contribution in [-0.2, 0) is 46.4 Å². The zero-order valence-electron chi connectivity index (χ0n) is 33.1. The van der Waals surface area contributed by atoms with Crippen molar-refractivity contribution >= 4 is 29.9 Å². The monoisotopic (exact) mass is 764 g/mol. The summed E-state index contributed by atoms with van der Waals surface area (Å²) >= 11 is 0. The quantitative estimate of drug-likeness (QED) is 0.118. The van der Waals surface area contributed by atoms with Crippen LogP contribution in [0.2, 0.25) is 0 Å². The van der Waals surface area contributed by atoms with Crippen LogP contribution in [0.1, 0.15) is 77.6 Å². The van der Waals surface area contributed by atoms with Crippen molar-refractivity contribution in [1.29, 1.82) is 0 Å². The van der Waals surface area contributed by atoms with E-state index in [4.69, 9.17) is 23.7 Å². The van der Waals surface area contributed by atoms with E-state index in [2.05, 4.69) is 5.32 Å². The lowest BCUT2D eigenvalue weighted by molar-refractivity contribution is -0.160. The molecule has 2 amide bonds. The van der Waals surface area contributed by atoms with Crippen LogP contribution in [-0.4, -0.2) is 83.5 Å². The van der Waals surface area contributed by atoms with E-state index in [1.165, 1.54) is 44.5 Å². The van der Waals surface area contributed by atoms with Gasteiger partial charge in [-0.15, -0.1) is 0 Å². The number of amides is 2. The Morgan fingerprint density at radius 2 is 1.42 bits per heavy atom. The van der Waals surface area contributed by atoms with Crippen LogP contribution in [0, 0.1) is 5.92 Å². The first-order chi connectivity index (χ1) is 25.6. The highest BCUT2D eigenvalue weighted by molar-refractivity contribution is 5.92. The first-order valence-electron chi connectivity index (χ1n) is 17.6. The third-order valence-corrected chi connectivity index (χ3v) is 8.08. The summed E-state index contributed by atoms with van der Waals surface area (Å²) in [5.74, 6) is -3.46. The van der Waals surface area contributed by atoms with E-state index in [9.17, 15) is 34.2 Å². The summed E-state index contributed by atoms with van der Waals surface area (Å²) in [5.41, 5.74) is -0.118. The van der Waals surface area contributed by atoms with Crippen molar-refractivity contribution in [2.75, 3.05) is 21.3 Å². The summed E-state index contributed by atoms with van der Waals surface area (Å²) in [5, 5.41) is 24.8. The molecule has 0 aliphatic rings. The average molecular weight is 765 g/mol. The van der Waals surface area contributed by atoms with Crippen LogP contribution in [0.3, 0.4) is 0 Å². The predicted molar refractivity (Wildman–Crippen MR) is 202 cm³/mol. The number of hydrogen-bond donors (Lipinski definition) is 3. The molecule has 0 heterocycles. The standard InChI is InChI=1S/C41H52N2O12/c1-24(36(47)54-40(2,3)4)18-32(45)34(43(8)39(50)53-23-25-14-12-11-13-15-25)27-16-17-31(44)28(22-27)29-19-26(21-33(46)35(29)51-9)20-30(37(48)52-10)42-38(49)55-41(5,6)7/h11-17,19,21-22,24,30,34,44,46H,18,20,23H2,1-10H3,(H,42,49)/t24-,30+,34+/m1/s1. The molecule has 3 rings (SSSR count). The number of likely N-dealkylation sites (N-methyl/N-ethyl adjacent to an activating group) is 1. The number of esters is 2. The largest absolute Gasteiger partial charge is 0.507 e. The fourth-order valence-corrected chi connectivity index (χ4v) is 5.62. The predicted octanol–water partition coefficient (Wildman–Crippen LogP) is 6.63. The molecule has 0 bridgehead atoms. The second-order valence-corrected chi connectivity index (χ2v) is 15.1. The third kappa shape index (κ3) is 12.7. The van der Waals surface area contributed by atoms with Crippen molar-refractivity contribution < 1.29 is 57.9 Å². The SMILES string of the molecule is COC(=O)[C@H](Cc1cc(O)c(OC)c(-c2cc([C@@H](C(=O)C[C@@H](C)C(=O)OC(C)(C)C)N(C)C(=O)OCc3ccccc3)ccc2O)c1)NC(=O)OC(C)(C)C. The van der Waals surface area contributed by atoms with E-state index in [0.717, 1.165) is 17.6 Å². The molecule has 3 aromatic carbocycles. The maximum atomic E-state index is 14.1. The van der Waals surface area contributed by atoms with Gasteiger partial charge in [-0.3, -0.25) is 14.5 Å². The molecule has 0 saturated carbocycles. The van der Waals surface area contributed by atoms with Gasteiger partial charge in [0.25, 0.3) is 0 Å². The van der Waals surface area contributed by atoms with E-state index >= 15 is 0 Å². The number of nitrogens with one attached hydrogen (secondary N) is 1. The van der Waals surface area contributed by atoms with E-state index in [-0.39, 0.29) is 53.4 Å². The Morgan fingerprint density at radius 1 is 0.782 bits per heavy atom. The molecule has 0 radical (unpaired) electrons. The Bertz CT molecular complexity index is 1850. The number of nitrogens with zero attached hydrogens (tertiary/aromatic N) is 1.